The lowest BCUT2D eigenvalue weighted by molar-refractivity contribution is -0.204. The van der Waals surface area contributed by atoms with Gasteiger partial charge in [0.05, 0.1) is 17.4 Å². The standard InChI is InChI=1S/C20H26N2O8S/c1-11-5-7-13(8-6-11)31(25,26)27-10-14-15-16(30-20(3,4)29-15)18(28-14)22-9-12(2)17(23)21-19(22)24/h5-8,12,14-16,18H,9-10H2,1-4H3,(H,21,23,24)/t12-,14-,15-,16-,18-/m1/s1. The third kappa shape index (κ3) is 4.33. The van der Waals surface area contributed by atoms with Crippen LogP contribution in [0.15, 0.2) is 29.2 Å². The largest absolute Gasteiger partial charge is 0.347 e. The predicted octanol–water partition coefficient (Wildman–Crippen LogP) is 1.13. The van der Waals surface area contributed by atoms with Gasteiger partial charge in [0.1, 0.15) is 18.3 Å². The van der Waals surface area contributed by atoms with E-state index in [0.717, 1.165) is 5.56 Å². The second kappa shape index (κ2) is 7.82. The molecule has 3 fully saturated rings. The Bertz CT molecular complexity index is 977. The Labute approximate surface area is 180 Å². The normalized spacial score (nSPS) is 32.8. The van der Waals surface area contributed by atoms with Gasteiger partial charge in [-0.05, 0) is 32.9 Å². The number of carbonyl (C=O) groups excluding carboxylic acids is 2. The second-order valence-corrected chi connectivity index (χ2v) is 10.1. The molecule has 0 saturated carbocycles. The molecule has 0 spiro atoms. The lowest BCUT2D eigenvalue weighted by Crippen LogP contribution is -2.59. The van der Waals surface area contributed by atoms with Gasteiger partial charge in [-0.3, -0.25) is 19.2 Å². The summed E-state index contributed by atoms with van der Waals surface area (Å²) < 4.78 is 48.3. The number of ether oxygens (including phenoxy) is 3. The number of benzene rings is 1. The average molecular weight is 455 g/mol. The van der Waals surface area contributed by atoms with Crippen LogP contribution in [0.25, 0.3) is 0 Å². The molecule has 0 bridgehead atoms. The highest BCUT2D eigenvalue weighted by Crippen LogP contribution is 2.40. The smallest absolute Gasteiger partial charge is 0.326 e. The van der Waals surface area contributed by atoms with E-state index < -0.39 is 52.4 Å². The zero-order valence-corrected chi connectivity index (χ0v) is 18.5. The van der Waals surface area contributed by atoms with Crippen molar-refractivity contribution in [2.24, 2.45) is 5.92 Å². The molecule has 3 saturated heterocycles. The second-order valence-electron chi connectivity index (χ2n) is 8.53. The van der Waals surface area contributed by atoms with E-state index in [1.165, 1.54) is 17.0 Å². The van der Waals surface area contributed by atoms with Crippen molar-refractivity contribution in [1.29, 1.82) is 0 Å². The number of nitrogens with one attached hydrogen (secondary N) is 1. The van der Waals surface area contributed by atoms with E-state index in [4.69, 9.17) is 18.4 Å². The maximum absolute atomic E-state index is 12.6. The van der Waals surface area contributed by atoms with Gasteiger partial charge in [0, 0.05) is 6.54 Å². The summed E-state index contributed by atoms with van der Waals surface area (Å²) in [7, 11) is -4.01. The van der Waals surface area contributed by atoms with Gasteiger partial charge in [0.25, 0.3) is 10.1 Å². The number of carbonyl (C=O) groups is 2. The first-order valence-electron chi connectivity index (χ1n) is 10.1. The molecular weight excluding hydrogens is 428 g/mol. The van der Waals surface area contributed by atoms with Gasteiger partial charge in [-0.15, -0.1) is 0 Å². The molecule has 3 amide bonds. The summed E-state index contributed by atoms with van der Waals surface area (Å²) in [4.78, 5) is 25.6. The molecule has 0 aliphatic carbocycles. The molecule has 5 atom stereocenters. The van der Waals surface area contributed by atoms with Gasteiger partial charge in [-0.25, -0.2) is 4.79 Å². The summed E-state index contributed by atoms with van der Waals surface area (Å²) in [6.07, 6.45) is -2.94. The molecule has 11 heteroatoms. The third-order valence-electron chi connectivity index (χ3n) is 5.54. The van der Waals surface area contributed by atoms with Crippen LogP contribution in [0.3, 0.4) is 0 Å². The highest BCUT2D eigenvalue weighted by Gasteiger charge is 2.58. The molecule has 170 valence electrons. The summed E-state index contributed by atoms with van der Waals surface area (Å²) >= 11 is 0. The molecular formula is C20H26N2O8S. The molecule has 3 aliphatic rings. The van der Waals surface area contributed by atoms with Crippen LogP contribution in [-0.4, -0.2) is 68.7 Å². The first-order chi connectivity index (χ1) is 14.5. The van der Waals surface area contributed by atoms with E-state index >= 15 is 0 Å². The predicted molar refractivity (Wildman–Crippen MR) is 106 cm³/mol. The van der Waals surface area contributed by atoms with Gasteiger partial charge in [0.15, 0.2) is 12.0 Å². The molecule has 3 aliphatic heterocycles. The summed E-state index contributed by atoms with van der Waals surface area (Å²) in [5, 5.41) is 2.30. The number of hydrogen-bond donors (Lipinski definition) is 1. The van der Waals surface area contributed by atoms with E-state index in [1.54, 1.807) is 32.9 Å². The van der Waals surface area contributed by atoms with Crippen molar-refractivity contribution in [1.82, 2.24) is 10.2 Å². The van der Waals surface area contributed by atoms with Crippen molar-refractivity contribution in [3.05, 3.63) is 29.8 Å². The van der Waals surface area contributed by atoms with Gasteiger partial charge in [-0.2, -0.15) is 8.42 Å². The Balaban J connectivity index is 1.51. The van der Waals surface area contributed by atoms with Crippen molar-refractivity contribution >= 4 is 22.1 Å². The molecule has 0 unspecified atom stereocenters. The van der Waals surface area contributed by atoms with E-state index in [9.17, 15) is 18.0 Å². The molecule has 1 N–H and O–H groups in total. The Morgan fingerprint density at radius 1 is 1.16 bits per heavy atom. The van der Waals surface area contributed by atoms with E-state index in [2.05, 4.69) is 5.32 Å². The highest BCUT2D eigenvalue weighted by atomic mass is 32.2. The molecule has 4 rings (SSSR count). The van der Waals surface area contributed by atoms with E-state index in [-0.39, 0.29) is 24.0 Å². The third-order valence-corrected chi connectivity index (χ3v) is 6.83. The topological polar surface area (TPSA) is 120 Å². The number of imide groups is 1. The fraction of sp³-hybridized carbons (Fsp3) is 0.600. The minimum Gasteiger partial charge on any atom is -0.347 e. The van der Waals surface area contributed by atoms with Crippen LogP contribution < -0.4 is 5.32 Å². The van der Waals surface area contributed by atoms with Crippen molar-refractivity contribution in [2.75, 3.05) is 13.2 Å². The van der Waals surface area contributed by atoms with Crippen molar-refractivity contribution in [2.45, 2.75) is 62.9 Å². The maximum Gasteiger partial charge on any atom is 0.326 e. The Hall–Kier alpha value is -2.05. The van der Waals surface area contributed by atoms with Crippen molar-refractivity contribution in [3.8, 4) is 0 Å². The van der Waals surface area contributed by atoms with Crippen LogP contribution in [-0.2, 0) is 33.3 Å². The van der Waals surface area contributed by atoms with Gasteiger partial charge >= 0.3 is 6.03 Å². The Kier molecular flexibility index (Phi) is 5.59. The first kappa shape index (κ1) is 22.2. The summed E-state index contributed by atoms with van der Waals surface area (Å²) in [5.74, 6) is -1.73. The molecule has 31 heavy (non-hydrogen) atoms. The Morgan fingerprint density at radius 3 is 2.48 bits per heavy atom. The van der Waals surface area contributed by atoms with Crippen LogP contribution in [0.2, 0.25) is 0 Å². The molecule has 10 nitrogen and oxygen atoms in total. The monoisotopic (exact) mass is 454 g/mol. The molecule has 1 aromatic rings. The van der Waals surface area contributed by atoms with Crippen molar-refractivity contribution < 1.29 is 36.4 Å². The molecule has 0 aromatic heterocycles. The first-order valence-corrected chi connectivity index (χ1v) is 11.5. The minimum absolute atomic E-state index is 0.0378. The number of rotatable bonds is 5. The lowest BCUT2D eigenvalue weighted by Gasteiger charge is -2.36. The van der Waals surface area contributed by atoms with Gasteiger partial charge in [0.2, 0.25) is 5.91 Å². The quantitative estimate of drug-likeness (QED) is 0.658. The molecule has 3 heterocycles. The Morgan fingerprint density at radius 2 is 1.81 bits per heavy atom. The van der Waals surface area contributed by atoms with Crippen LogP contribution in [0, 0.1) is 12.8 Å². The summed E-state index contributed by atoms with van der Waals surface area (Å²) in [6, 6.07) is 5.72. The summed E-state index contributed by atoms with van der Waals surface area (Å²) in [5.41, 5.74) is 0.926. The number of fused-ring (bicyclic) bond motifs is 1. The van der Waals surface area contributed by atoms with Crippen LogP contribution in [0.5, 0.6) is 0 Å². The van der Waals surface area contributed by atoms with Crippen LogP contribution >= 0.6 is 0 Å². The number of nitrogens with zero attached hydrogens (tertiary/aromatic N) is 1. The molecule has 1 aromatic carbocycles. The van der Waals surface area contributed by atoms with Crippen molar-refractivity contribution in [3.63, 3.8) is 0 Å². The number of urea groups is 1. The summed E-state index contributed by atoms with van der Waals surface area (Å²) in [6.45, 7) is 6.85. The fourth-order valence-corrected chi connectivity index (χ4v) is 4.87. The molecule has 0 radical (unpaired) electrons. The minimum atomic E-state index is -4.01. The number of amides is 3. The zero-order chi connectivity index (χ0) is 22.6. The SMILES string of the molecule is Cc1ccc(S(=O)(=O)OC[C@H]2O[C@@H](N3C[C@@H](C)C(=O)NC3=O)[C@@H]3OC(C)(C)O[C@@H]32)cc1. The van der Waals surface area contributed by atoms with E-state index in [1.807, 2.05) is 6.92 Å². The highest BCUT2D eigenvalue weighted by molar-refractivity contribution is 7.86. The number of aryl methyl sites for hydroxylation is 1. The van der Waals surface area contributed by atoms with Crippen LogP contribution in [0.1, 0.15) is 26.3 Å². The maximum atomic E-state index is 12.6. The van der Waals surface area contributed by atoms with Crippen LogP contribution in [0.4, 0.5) is 4.79 Å². The zero-order valence-electron chi connectivity index (χ0n) is 17.7. The van der Waals surface area contributed by atoms with E-state index in [0.29, 0.717) is 0 Å². The average Bonchev–Trinajstić information content (AvgIpc) is 3.16. The van der Waals surface area contributed by atoms with Gasteiger partial charge < -0.3 is 14.2 Å². The lowest BCUT2D eigenvalue weighted by atomic mass is 10.1. The van der Waals surface area contributed by atoms with Gasteiger partial charge in [-0.1, -0.05) is 24.6 Å². The number of hydrogen-bond acceptors (Lipinski definition) is 8. The fourth-order valence-electron chi connectivity index (χ4n) is 3.95.